The number of carboxylic acids is 2. The number of aliphatic hydroxyl groups is 2. The van der Waals surface area contributed by atoms with Crippen LogP contribution in [-0.4, -0.2) is 79.6 Å². The second kappa shape index (κ2) is 17.3. The monoisotopic (exact) mass is 775 g/mol. The number of nitrogens with one attached hydrogen (secondary N) is 3. The third-order valence-electron chi connectivity index (χ3n) is 8.13. The molecule has 0 aliphatic rings. The van der Waals surface area contributed by atoms with Crippen molar-refractivity contribution in [1.82, 2.24) is 20.6 Å². The van der Waals surface area contributed by atoms with Crippen LogP contribution in [-0.2, 0) is 29.3 Å². The lowest BCUT2D eigenvalue weighted by Crippen LogP contribution is -2.52. The van der Waals surface area contributed by atoms with Crippen LogP contribution in [0.5, 0.6) is 11.6 Å². The summed E-state index contributed by atoms with van der Waals surface area (Å²) in [6, 6.07) is 14.8. The number of carbonyl (C=O) groups is 3. The van der Waals surface area contributed by atoms with Gasteiger partial charge in [0.1, 0.15) is 34.8 Å². The van der Waals surface area contributed by atoms with Crippen molar-refractivity contribution in [1.29, 1.82) is 0 Å². The lowest BCUT2D eigenvalue weighted by atomic mass is 10.0. The van der Waals surface area contributed by atoms with Crippen molar-refractivity contribution in [3.8, 4) is 22.8 Å². The van der Waals surface area contributed by atoms with Crippen LogP contribution in [0.2, 0.25) is 15.1 Å². The number of benzene rings is 2. The molecule has 0 unspecified atom stereocenters. The zero-order valence-corrected chi connectivity index (χ0v) is 30.4. The molecule has 0 fully saturated rings. The molecule has 0 saturated carbocycles. The molecule has 17 heteroatoms. The summed E-state index contributed by atoms with van der Waals surface area (Å²) in [6.07, 6.45) is 1.42. The highest BCUT2D eigenvalue weighted by Gasteiger charge is 2.33. The second-order valence-electron chi connectivity index (χ2n) is 12.0. The molecule has 14 nitrogen and oxygen atoms in total. The maximum absolute atomic E-state index is 13.1. The minimum absolute atomic E-state index is 0.00305. The van der Waals surface area contributed by atoms with Gasteiger partial charge in [-0.1, -0.05) is 65.1 Å². The van der Waals surface area contributed by atoms with Gasteiger partial charge in [-0.3, -0.25) is 30.0 Å². The number of carboxylic acid groups (broad SMARTS) is 2. The number of aliphatic hydroxyl groups excluding tert-OH is 2. The number of hydrogen-bond donors (Lipinski definition) is 7. The van der Waals surface area contributed by atoms with Gasteiger partial charge in [-0.2, -0.15) is 0 Å². The van der Waals surface area contributed by atoms with Gasteiger partial charge < -0.3 is 35.2 Å². The Bertz CT molecular complexity index is 1950. The van der Waals surface area contributed by atoms with Crippen molar-refractivity contribution in [2.75, 3.05) is 25.6 Å². The normalized spacial score (nSPS) is 13.5. The molecule has 1 amide bonds. The predicted molar refractivity (Wildman–Crippen MR) is 194 cm³/mol. The third kappa shape index (κ3) is 9.27. The Balaban J connectivity index is 1.47. The number of carbonyl (C=O) groups excluding carboxylic acids is 1. The van der Waals surface area contributed by atoms with E-state index >= 15 is 0 Å². The van der Waals surface area contributed by atoms with Gasteiger partial charge in [-0.15, -0.1) is 0 Å². The quantitative estimate of drug-likeness (QED) is 0.0770. The Labute approximate surface area is 313 Å². The minimum Gasteiger partial charge on any atom is -0.486 e. The third-order valence-corrected chi connectivity index (χ3v) is 9.26. The summed E-state index contributed by atoms with van der Waals surface area (Å²) in [5, 5.41) is 46.6. The summed E-state index contributed by atoms with van der Waals surface area (Å²) >= 11 is 20.1. The smallest absolute Gasteiger partial charge is 0.326 e. The van der Waals surface area contributed by atoms with Gasteiger partial charge >= 0.3 is 11.9 Å². The van der Waals surface area contributed by atoms with Crippen LogP contribution in [0.15, 0.2) is 60.8 Å². The first kappa shape index (κ1) is 40.2. The molecule has 4 rings (SSSR count). The molecule has 0 aliphatic heterocycles. The Kier molecular flexibility index (Phi) is 13.4. The fourth-order valence-corrected chi connectivity index (χ4v) is 5.38. The molecule has 7 N–H and O–H groups in total. The number of amides is 1. The van der Waals surface area contributed by atoms with Crippen LogP contribution in [0.1, 0.15) is 41.2 Å². The summed E-state index contributed by atoms with van der Waals surface area (Å²) in [5.41, 5.74) is -0.364. The van der Waals surface area contributed by atoms with E-state index in [1.165, 1.54) is 33.2 Å². The molecule has 4 aromatic rings. The van der Waals surface area contributed by atoms with Crippen molar-refractivity contribution < 1.29 is 44.3 Å². The van der Waals surface area contributed by atoms with E-state index in [9.17, 15) is 34.8 Å². The summed E-state index contributed by atoms with van der Waals surface area (Å²) in [7, 11) is 1.40. The average Bonchev–Trinajstić information content (AvgIpc) is 3.13. The largest absolute Gasteiger partial charge is 0.486 e. The molecule has 2 aromatic heterocycles. The van der Waals surface area contributed by atoms with Crippen LogP contribution in [0.25, 0.3) is 11.1 Å². The number of ether oxygens (including phenoxy) is 2. The van der Waals surface area contributed by atoms with E-state index in [4.69, 9.17) is 44.3 Å². The molecule has 0 radical (unpaired) electrons. The Hall–Kier alpha value is -4.54. The topological polar surface area (TPSA) is 212 Å². The highest BCUT2D eigenvalue weighted by molar-refractivity contribution is 6.39. The molecular formula is C35H36Cl3N5O9. The van der Waals surface area contributed by atoms with Crippen LogP contribution in [0.3, 0.4) is 0 Å². The number of hydrogen-bond acceptors (Lipinski definition) is 11. The molecule has 0 aliphatic carbocycles. The molecule has 52 heavy (non-hydrogen) atoms. The average molecular weight is 777 g/mol. The number of nitrogens with zero attached hydrogens (tertiary/aromatic N) is 2. The fraction of sp³-hybridized carbons (Fsp3) is 0.286. The van der Waals surface area contributed by atoms with Crippen molar-refractivity contribution in [3.63, 3.8) is 0 Å². The van der Waals surface area contributed by atoms with Crippen molar-refractivity contribution in [3.05, 3.63) is 98.4 Å². The standard InChI is InChI=1S/C35H36Cl3N5O9/c1-34(17-44,32(47)48)40-14-19-10-11-25(39-13-19)30(46)42-24-8-4-6-21(28(24)37)22-7-5-9-27(29(22)38)52-16-26-23(36)12-20(31(43-26)51-3)15-41-35(2,18-45)33(49)50/h4-13,40-41,44-45H,14-18H2,1-3H3,(H,42,46)(H,47,48)(H,49,50)/t34-,35-/m0/s1. The zero-order chi connectivity index (χ0) is 38.2. The fourth-order valence-electron chi connectivity index (χ4n) is 4.60. The van der Waals surface area contributed by atoms with E-state index in [1.807, 2.05) is 0 Å². The van der Waals surface area contributed by atoms with Gasteiger partial charge in [0.2, 0.25) is 5.88 Å². The zero-order valence-electron chi connectivity index (χ0n) is 28.2. The molecule has 0 bridgehead atoms. The highest BCUT2D eigenvalue weighted by Crippen LogP contribution is 2.41. The van der Waals surface area contributed by atoms with Crippen LogP contribution < -0.4 is 25.4 Å². The number of anilines is 1. The molecule has 2 atom stereocenters. The van der Waals surface area contributed by atoms with Crippen molar-refractivity contribution in [2.45, 2.75) is 44.6 Å². The lowest BCUT2D eigenvalue weighted by molar-refractivity contribution is -0.146. The number of aliphatic carboxylic acids is 2. The molecule has 2 heterocycles. The van der Waals surface area contributed by atoms with Gasteiger partial charge in [-0.25, -0.2) is 4.98 Å². The Morgan fingerprint density at radius 3 is 2.04 bits per heavy atom. The first-order valence-corrected chi connectivity index (χ1v) is 16.7. The molecule has 0 saturated heterocycles. The maximum atomic E-state index is 13.1. The molecule has 276 valence electrons. The van der Waals surface area contributed by atoms with Gasteiger partial charge in [0.15, 0.2) is 0 Å². The number of aromatic nitrogens is 2. The van der Waals surface area contributed by atoms with E-state index in [-0.39, 0.29) is 52.1 Å². The first-order chi connectivity index (χ1) is 24.7. The molecule has 0 spiro atoms. The van der Waals surface area contributed by atoms with E-state index in [2.05, 4.69) is 25.9 Å². The summed E-state index contributed by atoms with van der Waals surface area (Å²) < 4.78 is 11.4. The minimum atomic E-state index is -1.59. The van der Waals surface area contributed by atoms with E-state index in [0.29, 0.717) is 33.6 Å². The van der Waals surface area contributed by atoms with Crippen LogP contribution in [0, 0.1) is 0 Å². The summed E-state index contributed by atoms with van der Waals surface area (Å²) in [5.74, 6) is -2.51. The van der Waals surface area contributed by atoms with Crippen LogP contribution in [0.4, 0.5) is 5.69 Å². The molecule has 2 aromatic carbocycles. The van der Waals surface area contributed by atoms with Gasteiger partial charge in [-0.05, 0) is 43.7 Å². The van der Waals surface area contributed by atoms with E-state index in [0.717, 1.165) is 0 Å². The first-order valence-electron chi connectivity index (χ1n) is 15.5. The summed E-state index contributed by atoms with van der Waals surface area (Å²) in [6.45, 7) is 1.43. The number of methoxy groups -OCH3 is 1. The predicted octanol–water partition coefficient (Wildman–Crippen LogP) is 4.79. The summed E-state index contributed by atoms with van der Waals surface area (Å²) in [4.78, 5) is 44.6. The lowest BCUT2D eigenvalue weighted by Gasteiger charge is -2.24. The Morgan fingerprint density at radius 2 is 1.46 bits per heavy atom. The maximum Gasteiger partial charge on any atom is 0.326 e. The highest BCUT2D eigenvalue weighted by atomic mass is 35.5. The van der Waals surface area contributed by atoms with E-state index < -0.39 is 42.1 Å². The number of pyridine rings is 2. The van der Waals surface area contributed by atoms with E-state index in [1.54, 1.807) is 48.5 Å². The van der Waals surface area contributed by atoms with Crippen molar-refractivity contribution in [2.24, 2.45) is 0 Å². The SMILES string of the molecule is COc1nc(COc2cccc(-c3cccc(NC(=O)c4ccc(CN[C@@](C)(CO)C(=O)O)cn4)c3Cl)c2Cl)c(Cl)cc1CN[C@@](C)(CO)C(=O)O. The van der Waals surface area contributed by atoms with Gasteiger partial charge in [0, 0.05) is 36.0 Å². The van der Waals surface area contributed by atoms with Gasteiger partial charge in [0.05, 0.1) is 41.1 Å². The number of halogens is 3. The Morgan fingerprint density at radius 1 is 0.846 bits per heavy atom. The molecular weight excluding hydrogens is 741 g/mol. The van der Waals surface area contributed by atoms with Crippen LogP contribution >= 0.6 is 34.8 Å². The number of rotatable bonds is 17. The van der Waals surface area contributed by atoms with Gasteiger partial charge in [0.25, 0.3) is 5.91 Å². The second-order valence-corrected chi connectivity index (χ2v) is 13.1. The van der Waals surface area contributed by atoms with Crippen molar-refractivity contribution >= 4 is 58.3 Å².